The third-order valence-electron chi connectivity index (χ3n) is 8.08. The summed E-state index contributed by atoms with van der Waals surface area (Å²) in [6, 6.07) is -0.828. The zero-order valence-electron chi connectivity index (χ0n) is 27.0. The zero-order chi connectivity index (χ0) is 31.7. The Morgan fingerprint density at radius 3 is 1.93 bits per heavy atom. The molecule has 1 rings (SSSR count). The van der Waals surface area contributed by atoms with Crippen molar-refractivity contribution in [3.63, 3.8) is 0 Å². The van der Waals surface area contributed by atoms with E-state index in [-0.39, 0.29) is 12.5 Å². The van der Waals surface area contributed by atoms with Crippen LogP contribution in [0.4, 0.5) is 0 Å². The van der Waals surface area contributed by atoms with Gasteiger partial charge in [0.1, 0.15) is 24.4 Å². The molecule has 1 aliphatic rings. The van der Waals surface area contributed by atoms with E-state index in [1.807, 2.05) is 6.08 Å². The fraction of sp³-hybridized carbons (Fsp3) is 0.853. The number of carbonyl (C=O) groups excluding carboxylic acids is 1. The fourth-order valence-electron chi connectivity index (χ4n) is 5.21. The van der Waals surface area contributed by atoms with Gasteiger partial charge in [-0.05, 0) is 19.3 Å². The largest absolute Gasteiger partial charge is 0.394 e. The van der Waals surface area contributed by atoms with E-state index in [0.717, 1.165) is 32.1 Å². The van der Waals surface area contributed by atoms with Gasteiger partial charge in [0.05, 0.1) is 25.4 Å². The Hall–Kier alpha value is -1.33. The first-order valence-electron chi connectivity index (χ1n) is 17.1. The second-order valence-electron chi connectivity index (χ2n) is 12.0. The molecule has 0 aromatic heterocycles. The Morgan fingerprint density at radius 1 is 0.791 bits per heavy atom. The van der Waals surface area contributed by atoms with E-state index in [2.05, 4.69) is 25.2 Å². The summed E-state index contributed by atoms with van der Waals surface area (Å²) in [7, 11) is 0. The summed E-state index contributed by atoms with van der Waals surface area (Å²) in [5.74, 6) is -0.202. The van der Waals surface area contributed by atoms with Crippen molar-refractivity contribution in [1.29, 1.82) is 0 Å². The highest BCUT2D eigenvalue weighted by molar-refractivity contribution is 5.76. The van der Waals surface area contributed by atoms with Crippen molar-refractivity contribution >= 4 is 5.91 Å². The average Bonchev–Trinajstić information content (AvgIpc) is 3.00. The minimum atomic E-state index is -1.57. The van der Waals surface area contributed by atoms with Crippen LogP contribution in [0.15, 0.2) is 24.3 Å². The topological polar surface area (TPSA) is 149 Å². The van der Waals surface area contributed by atoms with E-state index in [0.29, 0.717) is 6.42 Å². The minimum Gasteiger partial charge on any atom is -0.394 e. The third kappa shape index (κ3) is 18.3. The summed E-state index contributed by atoms with van der Waals surface area (Å²) < 4.78 is 11.1. The van der Waals surface area contributed by atoms with Crippen LogP contribution < -0.4 is 5.32 Å². The van der Waals surface area contributed by atoms with Crippen LogP contribution in [-0.4, -0.2) is 87.5 Å². The summed E-state index contributed by atoms with van der Waals surface area (Å²) in [5, 5.41) is 53.5. The second kappa shape index (κ2) is 25.9. The molecule has 43 heavy (non-hydrogen) atoms. The van der Waals surface area contributed by atoms with E-state index < -0.39 is 49.5 Å². The Morgan fingerprint density at radius 2 is 1.35 bits per heavy atom. The van der Waals surface area contributed by atoms with Gasteiger partial charge in [0, 0.05) is 6.42 Å². The highest BCUT2D eigenvalue weighted by Crippen LogP contribution is 2.22. The van der Waals surface area contributed by atoms with Gasteiger partial charge in [-0.1, -0.05) is 128 Å². The molecule has 0 spiro atoms. The van der Waals surface area contributed by atoms with E-state index in [9.17, 15) is 30.3 Å². The molecule has 0 saturated carbocycles. The van der Waals surface area contributed by atoms with Gasteiger partial charge in [-0.3, -0.25) is 4.79 Å². The number of hydrogen-bond donors (Lipinski definition) is 6. The van der Waals surface area contributed by atoms with Crippen LogP contribution >= 0.6 is 0 Å². The molecule has 1 fully saturated rings. The smallest absolute Gasteiger partial charge is 0.220 e. The molecule has 9 heteroatoms. The van der Waals surface area contributed by atoms with E-state index in [4.69, 9.17) is 9.47 Å². The summed E-state index contributed by atoms with van der Waals surface area (Å²) in [6.45, 7) is 3.65. The minimum absolute atomic E-state index is 0.202. The molecule has 0 aliphatic carbocycles. The van der Waals surface area contributed by atoms with Crippen LogP contribution in [0, 0.1) is 0 Å². The van der Waals surface area contributed by atoms with Gasteiger partial charge in [-0.15, -0.1) is 0 Å². The van der Waals surface area contributed by atoms with Gasteiger partial charge in [0.15, 0.2) is 6.29 Å². The van der Waals surface area contributed by atoms with Crippen LogP contribution in [0.2, 0.25) is 0 Å². The number of unbranched alkanes of at least 4 members (excludes halogenated alkanes) is 15. The van der Waals surface area contributed by atoms with Crippen LogP contribution in [0.5, 0.6) is 0 Å². The molecule has 0 aromatic carbocycles. The molecule has 0 radical (unpaired) electrons. The molecule has 1 heterocycles. The van der Waals surface area contributed by atoms with Crippen molar-refractivity contribution < 1.29 is 39.8 Å². The predicted molar refractivity (Wildman–Crippen MR) is 170 cm³/mol. The van der Waals surface area contributed by atoms with E-state index in [1.54, 1.807) is 12.2 Å². The molecule has 1 saturated heterocycles. The number of hydrogen-bond acceptors (Lipinski definition) is 8. The number of ether oxygens (including phenoxy) is 2. The van der Waals surface area contributed by atoms with Crippen LogP contribution in [0.25, 0.3) is 0 Å². The van der Waals surface area contributed by atoms with Gasteiger partial charge in [-0.25, -0.2) is 0 Å². The summed E-state index contributed by atoms with van der Waals surface area (Å²) in [4.78, 5) is 12.7. The number of rotatable bonds is 26. The SMILES string of the molecule is CCCCCCCCC/C=C/C=C/[C@@H](O)[C@H](CO[C@@H]1O[C@H](CO)[C@@H](O)C(O)C1O)NC(=O)CCCCCCCCCCC. The summed E-state index contributed by atoms with van der Waals surface area (Å²) in [6.07, 6.45) is 19.5. The molecule has 252 valence electrons. The van der Waals surface area contributed by atoms with Gasteiger partial charge >= 0.3 is 0 Å². The first-order valence-corrected chi connectivity index (χ1v) is 17.1. The second-order valence-corrected chi connectivity index (χ2v) is 12.0. The van der Waals surface area contributed by atoms with Gasteiger partial charge in [-0.2, -0.15) is 0 Å². The quantitative estimate of drug-likeness (QED) is 0.0601. The summed E-state index contributed by atoms with van der Waals surface area (Å²) >= 11 is 0. The van der Waals surface area contributed by atoms with Gasteiger partial charge < -0.3 is 40.3 Å². The van der Waals surface area contributed by atoms with Gasteiger partial charge in [0.2, 0.25) is 5.91 Å². The molecule has 6 N–H and O–H groups in total. The lowest BCUT2D eigenvalue weighted by Crippen LogP contribution is -2.60. The van der Waals surface area contributed by atoms with Crippen molar-refractivity contribution in [3.8, 4) is 0 Å². The molecule has 9 nitrogen and oxygen atoms in total. The Kier molecular flexibility index (Phi) is 23.9. The summed E-state index contributed by atoms with van der Waals surface area (Å²) in [5.41, 5.74) is 0. The number of allylic oxidation sites excluding steroid dienone is 3. The lowest BCUT2D eigenvalue weighted by molar-refractivity contribution is -0.302. The van der Waals surface area contributed by atoms with Crippen LogP contribution in [0.3, 0.4) is 0 Å². The van der Waals surface area contributed by atoms with Crippen molar-refractivity contribution in [1.82, 2.24) is 5.32 Å². The number of amides is 1. The number of nitrogens with one attached hydrogen (secondary N) is 1. The number of carbonyl (C=O) groups is 1. The first-order chi connectivity index (χ1) is 20.8. The van der Waals surface area contributed by atoms with Crippen molar-refractivity contribution in [2.75, 3.05) is 13.2 Å². The molecule has 0 bridgehead atoms. The number of aliphatic hydroxyl groups excluding tert-OH is 5. The maximum atomic E-state index is 12.7. The predicted octanol–water partition coefficient (Wildman–Crippen LogP) is 4.82. The lowest BCUT2D eigenvalue weighted by atomic mass is 9.99. The maximum Gasteiger partial charge on any atom is 0.220 e. The molecule has 1 amide bonds. The molecule has 7 atom stereocenters. The van der Waals surface area contributed by atoms with Crippen molar-refractivity contribution in [3.05, 3.63) is 24.3 Å². The monoisotopic (exact) mass is 613 g/mol. The Balaban J connectivity index is 2.58. The fourth-order valence-corrected chi connectivity index (χ4v) is 5.21. The molecular weight excluding hydrogens is 550 g/mol. The molecular formula is C34H63NO8. The standard InChI is InChI=1S/C34H63NO8/c1-3-5-7-9-11-13-14-16-17-19-21-23-28(37)27(26-42-34-33(41)32(40)31(39)29(25-36)43-34)35-30(38)24-22-20-18-15-12-10-8-6-4-2/h17,19,21,23,27-29,31-34,36-37,39-41H,3-16,18,20,22,24-26H2,1-2H3,(H,35,38)/b19-17+,23-21+/t27-,28+,29+,31+,32?,33?,34+/m0/s1. The normalized spacial score (nSPS) is 24.1. The molecule has 0 aromatic rings. The third-order valence-corrected chi connectivity index (χ3v) is 8.08. The van der Waals surface area contributed by atoms with E-state index in [1.165, 1.54) is 77.0 Å². The highest BCUT2D eigenvalue weighted by atomic mass is 16.7. The first kappa shape index (κ1) is 39.7. The van der Waals surface area contributed by atoms with Gasteiger partial charge in [0.25, 0.3) is 0 Å². The molecule has 1 aliphatic heterocycles. The Bertz CT molecular complexity index is 731. The number of aliphatic hydroxyl groups is 5. The Labute approximate surface area is 260 Å². The van der Waals surface area contributed by atoms with E-state index >= 15 is 0 Å². The van der Waals surface area contributed by atoms with Crippen molar-refractivity contribution in [2.45, 2.75) is 172 Å². The van der Waals surface area contributed by atoms with Crippen LogP contribution in [-0.2, 0) is 14.3 Å². The average molecular weight is 614 g/mol. The zero-order valence-corrected chi connectivity index (χ0v) is 27.0. The van der Waals surface area contributed by atoms with Crippen molar-refractivity contribution in [2.24, 2.45) is 0 Å². The highest BCUT2D eigenvalue weighted by Gasteiger charge is 2.44. The maximum absolute atomic E-state index is 12.7. The van der Waals surface area contributed by atoms with Crippen LogP contribution in [0.1, 0.15) is 129 Å². The molecule has 2 unspecified atom stereocenters. The lowest BCUT2D eigenvalue weighted by Gasteiger charge is -2.40.